The fourth-order valence-electron chi connectivity index (χ4n) is 2.01. The van der Waals surface area contributed by atoms with Gasteiger partial charge in [-0.25, -0.2) is 21.6 Å². The first kappa shape index (κ1) is 15.8. The van der Waals surface area contributed by atoms with Crippen LogP contribution >= 0.6 is 0 Å². The van der Waals surface area contributed by atoms with Crippen molar-refractivity contribution >= 4 is 20.4 Å². The summed E-state index contributed by atoms with van der Waals surface area (Å²) in [5.41, 5.74) is 0. The summed E-state index contributed by atoms with van der Waals surface area (Å²) in [6, 6.07) is -1.19. The lowest BCUT2D eigenvalue weighted by Gasteiger charge is -2.38. The summed E-state index contributed by atoms with van der Waals surface area (Å²) in [7, 11) is -9.34. The maximum absolute atomic E-state index is 10.6. The summed E-state index contributed by atoms with van der Waals surface area (Å²) < 4.78 is 64.6. The molecule has 0 spiro atoms. The van der Waals surface area contributed by atoms with Gasteiger partial charge in [0.1, 0.15) is 0 Å². The molecule has 11 heteroatoms. The van der Waals surface area contributed by atoms with E-state index in [9.17, 15) is 36.2 Å². The number of nitrogens with one attached hydrogen (secondary N) is 1. The minimum absolute atomic E-state index is 0.00683. The normalized spacial score (nSPS) is 34.4. The highest BCUT2D eigenvalue weighted by Gasteiger charge is 2.38. The third-order valence-electron chi connectivity index (χ3n) is 2.81. The molecule has 1 saturated carbocycles. The second-order valence-corrected chi connectivity index (χ2v) is 6.81. The largest absolute Gasteiger partial charge is 0.748 e. The molecule has 1 rings (SSSR count). The van der Waals surface area contributed by atoms with E-state index in [0.717, 1.165) is 0 Å². The molecule has 3 N–H and O–H groups in total. The minimum Gasteiger partial charge on any atom is -0.748 e. The summed E-state index contributed by atoms with van der Waals surface area (Å²) in [6.45, 7) is 0. The number of aliphatic hydroxyl groups is 2. The van der Waals surface area contributed by atoms with Crippen LogP contribution in [-0.4, -0.2) is 60.2 Å². The van der Waals surface area contributed by atoms with Gasteiger partial charge in [-0.2, -0.15) is 0 Å². The number of hydrogen-bond donors (Lipinski definition) is 3. The Morgan fingerprint density at radius 2 is 1.61 bits per heavy atom. The van der Waals surface area contributed by atoms with E-state index in [1.807, 2.05) is 0 Å². The molecule has 4 atom stereocenters. The van der Waals surface area contributed by atoms with Crippen molar-refractivity contribution in [3.05, 3.63) is 0 Å². The molecule has 2 unspecified atom stereocenters. The van der Waals surface area contributed by atoms with Crippen LogP contribution in [0, 0.1) is 5.92 Å². The standard InChI is InChI=1S/C7H15NO8S2/c9-6-4(3-17(11,12)13)1-2-5(7(6)10)8-18(14,15)16/h4-10H,1-3H2,(H,11,12,13)(H,14,15,16)/p-2/t4?,5?,6-,7+/m0/s1. The molecule has 1 aliphatic carbocycles. The SMILES string of the molecule is O=S(=O)([O-])CC1CCC(NS(=O)(=O)[O-])[C@@H](O)[C@H]1O. The Bertz CT molecular complexity index is 440. The fourth-order valence-corrected chi connectivity index (χ4v) is 3.53. The lowest BCUT2D eigenvalue weighted by atomic mass is 9.83. The Kier molecular flexibility index (Phi) is 4.70. The molecule has 18 heavy (non-hydrogen) atoms. The van der Waals surface area contributed by atoms with E-state index >= 15 is 0 Å². The smallest absolute Gasteiger partial charge is 0.159 e. The number of rotatable bonds is 4. The van der Waals surface area contributed by atoms with Crippen LogP contribution in [-0.2, 0) is 20.4 Å². The van der Waals surface area contributed by atoms with Crippen molar-refractivity contribution in [1.29, 1.82) is 0 Å². The zero-order valence-electron chi connectivity index (χ0n) is 9.09. The van der Waals surface area contributed by atoms with Crippen LogP contribution in [0.15, 0.2) is 0 Å². The van der Waals surface area contributed by atoms with Crippen molar-refractivity contribution in [2.24, 2.45) is 5.92 Å². The monoisotopic (exact) mass is 303 g/mol. The summed E-state index contributed by atoms with van der Waals surface area (Å²) >= 11 is 0. The van der Waals surface area contributed by atoms with Gasteiger partial charge in [-0.05, 0) is 12.8 Å². The zero-order valence-corrected chi connectivity index (χ0v) is 10.7. The van der Waals surface area contributed by atoms with Gasteiger partial charge >= 0.3 is 0 Å². The lowest BCUT2D eigenvalue weighted by Crippen LogP contribution is -2.55. The summed E-state index contributed by atoms with van der Waals surface area (Å²) in [4.78, 5) is 0. The third kappa shape index (κ3) is 4.76. The lowest BCUT2D eigenvalue weighted by molar-refractivity contribution is -0.0529. The van der Waals surface area contributed by atoms with Crippen molar-refractivity contribution in [3.63, 3.8) is 0 Å². The molecule has 1 aliphatic rings. The van der Waals surface area contributed by atoms with Gasteiger partial charge in [0.2, 0.25) is 0 Å². The maximum Gasteiger partial charge on any atom is 0.159 e. The Labute approximate surface area is 104 Å². The zero-order chi connectivity index (χ0) is 14.1. The first-order valence-corrected chi connectivity index (χ1v) is 8.01. The first-order valence-electron chi connectivity index (χ1n) is 5.02. The van der Waals surface area contributed by atoms with E-state index in [4.69, 9.17) is 0 Å². The van der Waals surface area contributed by atoms with Crippen LogP contribution in [0.2, 0.25) is 0 Å². The molecule has 0 radical (unpaired) electrons. The molecule has 0 aromatic heterocycles. The molecule has 1 fully saturated rings. The predicted octanol–water partition coefficient (Wildman–Crippen LogP) is -2.92. The molecule has 9 nitrogen and oxygen atoms in total. The van der Waals surface area contributed by atoms with E-state index in [-0.39, 0.29) is 12.8 Å². The number of hydrogen-bond acceptors (Lipinski definition) is 8. The van der Waals surface area contributed by atoms with Gasteiger partial charge in [-0.15, -0.1) is 0 Å². The highest BCUT2D eigenvalue weighted by atomic mass is 32.2. The Morgan fingerprint density at radius 3 is 2.06 bits per heavy atom. The van der Waals surface area contributed by atoms with Crippen LogP contribution in [0.4, 0.5) is 0 Å². The van der Waals surface area contributed by atoms with Crippen LogP contribution in [0.1, 0.15) is 12.8 Å². The Morgan fingerprint density at radius 1 is 1.06 bits per heavy atom. The molecule has 0 saturated heterocycles. The summed E-state index contributed by atoms with van der Waals surface area (Å²) in [5, 5.41) is 19.1. The average Bonchev–Trinajstić information content (AvgIpc) is 2.14. The van der Waals surface area contributed by atoms with Gasteiger partial charge in [0, 0.05) is 17.7 Å². The average molecular weight is 303 g/mol. The van der Waals surface area contributed by atoms with Crippen LogP contribution in [0.25, 0.3) is 0 Å². The van der Waals surface area contributed by atoms with E-state index in [1.54, 1.807) is 4.72 Å². The Balaban J connectivity index is 2.72. The minimum atomic E-state index is -4.78. The molecule has 0 aromatic rings. The second kappa shape index (κ2) is 5.36. The van der Waals surface area contributed by atoms with Gasteiger partial charge in [-0.3, -0.25) is 0 Å². The van der Waals surface area contributed by atoms with Crippen LogP contribution in [0.5, 0.6) is 0 Å². The molecule has 0 heterocycles. The van der Waals surface area contributed by atoms with Gasteiger partial charge in [0.15, 0.2) is 10.3 Å². The summed E-state index contributed by atoms with van der Waals surface area (Å²) in [5.74, 6) is -1.82. The van der Waals surface area contributed by atoms with E-state index in [2.05, 4.69) is 0 Å². The van der Waals surface area contributed by atoms with Crippen LogP contribution < -0.4 is 4.72 Å². The van der Waals surface area contributed by atoms with Crippen molar-refractivity contribution in [2.75, 3.05) is 5.75 Å². The van der Waals surface area contributed by atoms with Gasteiger partial charge < -0.3 is 19.3 Å². The molecular weight excluding hydrogens is 290 g/mol. The maximum atomic E-state index is 10.6. The quantitative estimate of drug-likeness (QED) is 0.464. The van der Waals surface area contributed by atoms with Crippen molar-refractivity contribution in [1.82, 2.24) is 4.72 Å². The highest BCUT2D eigenvalue weighted by Crippen LogP contribution is 2.26. The van der Waals surface area contributed by atoms with E-state index < -0.39 is 50.3 Å². The molecule has 108 valence electrons. The van der Waals surface area contributed by atoms with Gasteiger partial charge in [-0.1, -0.05) is 0 Å². The number of aliphatic hydroxyl groups excluding tert-OH is 2. The summed E-state index contributed by atoms with van der Waals surface area (Å²) in [6.07, 6.45) is -3.25. The predicted molar refractivity (Wildman–Crippen MR) is 55.9 cm³/mol. The van der Waals surface area contributed by atoms with E-state index in [1.165, 1.54) is 0 Å². The van der Waals surface area contributed by atoms with Crippen molar-refractivity contribution in [3.8, 4) is 0 Å². The van der Waals surface area contributed by atoms with Crippen molar-refractivity contribution in [2.45, 2.75) is 31.1 Å². The molecular formula is C7H13NO8S2-2. The van der Waals surface area contributed by atoms with E-state index in [0.29, 0.717) is 0 Å². The fraction of sp³-hybridized carbons (Fsp3) is 1.00. The molecule has 0 aromatic carbocycles. The first-order chi connectivity index (χ1) is 7.99. The van der Waals surface area contributed by atoms with Gasteiger partial charge in [0.25, 0.3) is 0 Å². The highest BCUT2D eigenvalue weighted by molar-refractivity contribution is 7.85. The topological polar surface area (TPSA) is 167 Å². The molecule has 0 amide bonds. The third-order valence-corrected chi connectivity index (χ3v) is 4.24. The molecule has 0 aliphatic heterocycles. The van der Waals surface area contributed by atoms with Crippen LogP contribution in [0.3, 0.4) is 0 Å². The Hall–Kier alpha value is -0.300. The van der Waals surface area contributed by atoms with Gasteiger partial charge in [0.05, 0.1) is 22.3 Å². The second-order valence-electron chi connectivity index (χ2n) is 4.22. The van der Waals surface area contributed by atoms with Crippen molar-refractivity contribution < 1.29 is 36.2 Å². The molecule has 0 bridgehead atoms.